The second-order valence-corrected chi connectivity index (χ2v) is 3.92. The van der Waals surface area contributed by atoms with Crippen molar-refractivity contribution in [3.8, 4) is 11.5 Å². The standard InChI is InChI=1S/C12H15N5O3/c1-19-9-4-3-8(5-10(9)20-2)15-11(18)6-17-7-14-12(13)16-17/h3-5,7H,6H2,1-2H3,(H2,13,16)(H,15,18). The van der Waals surface area contributed by atoms with Crippen molar-refractivity contribution in [1.82, 2.24) is 14.8 Å². The van der Waals surface area contributed by atoms with Crippen LogP contribution in [-0.4, -0.2) is 34.9 Å². The Morgan fingerprint density at radius 1 is 1.35 bits per heavy atom. The van der Waals surface area contributed by atoms with E-state index in [0.29, 0.717) is 17.2 Å². The normalized spacial score (nSPS) is 10.1. The lowest BCUT2D eigenvalue weighted by molar-refractivity contribution is -0.116. The summed E-state index contributed by atoms with van der Waals surface area (Å²) in [4.78, 5) is 15.6. The number of amides is 1. The van der Waals surface area contributed by atoms with Crippen molar-refractivity contribution in [3.05, 3.63) is 24.5 Å². The molecule has 0 aliphatic carbocycles. The quantitative estimate of drug-likeness (QED) is 0.825. The molecule has 1 amide bonds. The fraction of sp³-hybridized carbons (Fsp3) is 0.250. The van der Waals surface area contributed by atoms with E-state index in [4.69, 9.17) is 15.2 Å². The molecule has 2 rings (SSSR count). The molecule has 0 atom stereocenters. The zero-order valence-electron chi connectivity index (χ0n) is 11.2. The molecule has 2 aromatic rings. The van der Waals surface area contributed by atoms with Crippen molar-refractivity contribution in [2.45, 2.75) is 6.54 Å². The number of benzene rings is 1. The predicted molar refractivity (Wildman–Crippen MR) is 72.6 cm³/mol. The number of carbonyl (C=O) groups is 1. The van der Waals surface area contributed by atoms with E-state index in [2.05, 4.69) is 15.4 Å². The lowest BCUT2D eigenvalue weighted by Crippen LogP contribution is -2.19. The van der Waals surface area contributed by atoms with Crippen molar-refractivity contribution in [3.63, 3.8) is 0 Å². The molecule has 8 nitrogen and oxygen atoms in total. The average molecular weight is 277 g/mol. The molecule has 3 N–H and O–H groups in total. The van der Waals surface area contributed by atoms with Crippen molar-refractivity contribution in [1.29, 1.82) is 0 Å². The first-order valence-electron chi connectivity index (χ1n) is 5.79. The summed E-state index contributed by atoms with van der Waals surface area (Å²) in [5.41, 5.74) is 5.97. The Bertz CT molecular complexity index is 611. The third kappa shape index (κ3) is 3.16. The second kappa shape index (κ2) is 5.91. The number of carbonyl (C=O) groups excluding carboxylic acids is 1. The third-order valence-electron chi connectivity index (χ3n) is 2.53. The van der Waals surface area contributed by atoms with E-state index in [1.54, 1.807) is 25.3 Å². The molecular weight excluding hydrogens is 262 g/mol. The topological polar surface area (TPSA) is 104 Å². The van der Waals surface area contributed by atoms with Crippen molar-refractivity contribution in [2.75, 3.05) is 25.3 Å². The Kier molecular flexibility index (Phi) is 4.04. The van der Waals surface area contributed by atoms with Gasteiger partial charge in [0.05, 0.1) is 14.2 Å². The number of rotatable bonds is 5. The molecule has 1 heterocycles. The summed E-state index contributed by atoms with van der Waals surface area (Å²) in [6.45, 7) is 0.0263. The number of ether oxygens (including phenoxy) is 2. The van der Waals surface area contributed by atoms with Crippen LogP contribution in [0.1, 0.15) is 0 Å². The number of nitrogens with zero attached hydrogens (tertiary/aromatic N) is 3. The molecule has 0 radical (unpaired) electrons. The van der Waals surface area contributed by atoms with Gasteiger partial charge in [-0.1, -0.05) is 0 Å². The summed E-state index contributed by atoms with van der Waals surface area (Å²) in [6, 6.07) is 5.10. The molecule has 0 spiro atoms. The molecule has 0 fully saturated rings. The Morgan fingerprint density at radius 2 is 2.10 bits per heavy atom. The van der Waals surface area contributed by atoms with Crippen LogP contribution in [0, 0.1) is 0 Å². The first kappa shape index (κ1) is 13.7. The van der Waals surface area contributed by atoms with Crippen molar-refractivity contribution >= 4 is 17.5 Å². The van der Waals surface area contributed by atoms with E-state index < -0.39 is 0 Å². The molecule has 8 heteroatoms. The molecule has 1 aromatic heterocycles. The molecule has 0 saturated heterocycles. The van der Waals surface area contributed by atoms with E-state index in [0.717, 1.165) is 0 Å². The molecule has 1 aromatic carbocycles. The Balaban J connectivity index is 2.04. The van der Waals surface area contributed by atoms with Gasteiger partial charge in [-0.3, -0.25) is 4.79 Å². The number of methoxy groups -OCH3 is 2. The van der Waals surface area contributed by atoms with Gasteiger partial charge in [0.1, 0.15) is 12.9 Å². The number of nitrogen functional groups attached to an aromatic ring is 1. The molecule has 0 unspecified atom stereocenters. The first-order valence-corrected chi connectivity index (χ1v) is 5.79. The van der Waals surface area contributed by atoms with Crippen LogP contribution in [0.4, 0.5) is 11.6 Å². The monoisotopic (exact) mass is 277 g/mol. The average Bonchev–Trinajstić information content (AvgIpc) is 2.83. The maximum absolute atomic E-state index is 11.8. The molecule has 20 heavy (non-hydrogen) atoms. The lowest BCUT2D eigenvalue weighted by Gasteiger charge is -2.10. The highest BCUT2D eigenvalue weighted by Crippen LogP contribution is 2.29. The van der Waals surface area contributed by atoms with Crippen LogP contribution >= 0.6 is 0 Å². The molecule has 0 saturated carbocycles. The van der Waals surface area contributed by atoms with Gasteiger partial charge in [-0.2, -0.15) is 0 Å². The van der Waals surface area contributed by atoms with Crippen LogP contribution in [0.3, 0.4) is 0 Å². The van der Waals surface area contributed by atoms with Gasteiger partial charge in [-0.15, -0.1) is 5.10 Å². The van der Waals surface area contributed by atoms with Gasteiger partial charge < -0.3 is 20.5 Å². The Morgan fingerprint density at radius 3 is 2.70 bits per heavy atom. The Hall–Kier alpha value is -2.77. The summed E-state index contributed by atoms with van der Waals surface area (Å²) in [5.74, 6) is 1.01. The smallest absolute Gasteiger partial charge is 0.246 e. The molecule has 106 valence electrons. The second-order valence-electron chi connectivity index (χ2n) is 3.92. The third-order valence-corrected chi connectivity index (χ3v) is 2.53. The molecule has 0 aliphatic rings. The summed E-state index contributed by atoms with van der Waals surface area (Å²) in [6.07, 6.45) is 1.39. The van der Waals surface area contributed by atoms with Gasteiger partial charge in [0.15, 0.2) is 11.5 Å². The number of nitrogens with two attached hydrogens (primary N) is 1. The van der Waals surface area contributed by atoms with Crippen molar-refractivity contribution in [2.24, 2.45) is 0 Å². The zero-order valence-corrected chi connectivity index (χ0v) is 11.2. The number of hydrogen-bond acceptors (Lipinski definition) is 6. The SMILES string of the molecule is COc1ccc(NC(=O)Cn2cnc(N)n2)cc1OC. The number of aromatic nitrogens is 3. The van der Waals surface area contributed by atoms with Crippen LogP contribution in [0.15, 0.2) is 24.5 Å². The highest BCUT2D eigenvalue weighted by Gasteiger charge is 2.08. The number of hydrogen-bond donors (Lipinski definition) is 2. The van der Waals surface area contributed by atoms with Gasteiger partial charge in [0, 0.05) is 11.8 Å². The van der Waals surface area contributed by atoms with Gasteiger partial charge >= 0.3 is 0 Å². The minimum atomic E-state index is -0.248. The zero-order chi connectivity index (χ0) is 14.5. The molecule has 0 aliphatic heterocycles. The minimum Gasteiger partial charge on any atom is -0.493 e. The summed E-state index contributed by atoms with van der Waals surface area (Å²) in [5, 5.41) is 6.55. The van der Waals surface area contributed by atoms with E-state index in [1.165, 1.54) is 18.1 Å². The Labute approximate surface area is 115 Å². The first-order chi connectivity index (χ1) is 9.62. The molecule has 0 bridgehead atoms. The maximum atomic E-state index is 11.8. The summed E-state index contributed by atoms with van der Waals surface area (Å²) >= 11 is 0. The fourth-order valence-corrected chi connectivity index (χ4v) is 1.65. The van der Waals surface area contributed by atoms with Crippen LogP contribution in [0.5, 0.6) is 11.5 Å². The van der Waals surface area contributed by atoms with E-state index >= 15 is 0 Å². The highest BCUT2D eigenvalue weighted by molar-refractivity contribution is 5.90. The van der Waals surface area contributed by atoms with Crippen molar-refractivity contribution < 1.29 is 14.3 Å². The van der Waals surface area contributed by atoms with Crippen LogP contribution in [0.25, 0.3) is 0 Å². The number of nitrogens with one attached hydrogen (secondary N) is 1. The summed E-state index contributed by atoms with van der Waals surface area (Å²) < 4.78 is 11.6. The van der Waals surface area contributed by atoms with E-state index in [-0.39, 0.29) is 18.4 Å². The molecular formula is C12H15N5O3. The van der Waals surface area contributed by atoms with Gasteiger partial charge in [-0.25, -0.2) is 9.67 Å². The van der Waals surface area contributed by atoms with E-state index in [9.17, 15) is 4.79 Å². The highest BCUT2D eigenvalue weighted by atomic mass is 16.5. The fourth-order valence-electron chi connectivity index (χ4n) is 1.65. The van der Waals surface area contributed by atoms with E-state index in [1.807, 2.05) is 0 Å². The largest absolute Gasteiger partial charge is 0.493 e. The number of anilines is 2. The predicted octanol–water partition coefficient (Wildman–Crippen LogP) is 0.516. The lowest BCUT2D eigenvalue weighted by atomic mass is 10.2. The van der Waals surface area contributed by atoms with Gasteiger partial charge in [-0.05, 0) is 12.1 Å². The van der Waals surface area contributed by atoms with Crippen LogP contribution in [0.2, 0.25) is 0 Å². The summed E-state index contributed by atoms with van der Waals surface area (Å²) in [7, 11) is 3.08. The van der Waals surface area contributed by atoms with Gasteiger partial charge in [0.2, 0.25) is 11.9 Å². The van der Waals surface area contributed by atoms with Crippen LogP contribution in [-0.2, 0) is 11.3 Å². The maximum Gasteiger partial charge on any atom is 0.246 e. The van der Waals surface area contributed by atoms with Gasteiger partial charge in [0.25, 0.3) is 0 Å². The van der Waals surface area contributed by atoms with Crippen LogP contribution < -0.4 is 20.5 Å². The minimum absolute atomic E-state index is 0.0263.